The summed E-state index contributed by atoms with van der Waals surface area (Å²) >= 11 is 0. The highest BCUT2D eigenvalue weighted by atomic mass is 32.2. The van der Waals surface area contributed by atoms with Gasteiger partial charge in [-0.2, -0.15) is 12.7 Å². The van der Waals surface area contributed by atoms with Crippen molar-refractivity contribution in [3.63, 3.8) is 0 Å². The predicted molar refractivity (Wildman–Crippen MR) is 75.9 cm³/mol. The van der Waals surface area contributed by atoms with E-state index in [1.54, 1.807) is 0 Å². The van der Waals surface area contributed by atoms with Gasteiger partial charge in [-0.15, -0.1) is 0 Å². The highest BCUT2D eigenvalue weighted by molar-refractivity contribution is 7.90. The van der Waals surface area contributed by atoms with Gasteiger partial charge in [0.2, 0.25) is 0 Å². The lowest BCUT2D eigenvalue weighted by Crippen LogP contribution is -2.42. The normalized spacial score (nSPS) is 20.2. The summed E-state index contributed by atoms with van der Waals surface area (Å²) in [7, 11) is -3.88. The number of rotatable bonds is 4. The molecule has 1 aromatic rings. The topological polar surface area (TPSA) is 86.7 Å². The van der Waals surface area contributed by atoms with Crippen molar-refractivity contribution < 1.29 is 22.7 Å². The maximum Gasteiger partial charge on any atom is 0.335 e. The highest BCUT2D eigenvalue weighted by Crippen LogP contribution is 2.22. The maximum absolute atomic E-state index is 13.7. The van der Waals surface area contributed by atoms with Gasteiger partial charge in [0.15, 0.2) is 0 Å². The molecule has 0 aliphatic carbocycles. The summed E-state index contributed by atoms with van der Waals surface area (Å²) in [5.41, 5.74) is -0.533. The van der Waals surface area contributed by atoms with Crippen LogP contribution >= 0.6 is 0 Å². The van der Waals surface area contributed by atoms with Crippen molar-refractivity contribution in [3.8, 4) is 0 Å². The fraction of sp³-hybridized carbons (Fsp3) is 0.462. The van der Waals surface area contributed by atoms with E-state index in [0.29, 0.717) is 13.1 Å². The van der Waals surface area contributed by atoms with Crippen LogP contribution < -0.4 is 4.72 Å². The summed E-state index contributed by atoms with van der Waals surface area (Å²) in [5, 5.41) is 8.87. The lowest BCUT2D eigenvalue weighted by molar-refractivity contribution is 0.0697. The molecule has 1 aliphatic heterocycles. The molecule has 0 radical (unpaired) electrons. The molecule has 0 bridgehead atoms. The number of hydrogen-bond acceptors (Lipinski definition) is 3. The first-order valence-corrected chi connectivity index (χ1v) is 8.04. The van der Waals surface area contributed by atoms with E-state index in [-0.39, 0.29) is 17.2 Å². The Kier molecular flexibility index (Phi) is 4.48. The second-order valence-electron chi connectivity index (χ2n) is 5.21. The Bertz CT molecular complexity index is 648. The fourth-order valence-electron chi connectivity index (χ4n) is 2.30. The molecule has 2 N–H and O–H groups in total. The van der Waals surface area contributed by atoms with Crippen molar-refractivity contribution >= 4 is 21.9 Å². The van der Waals surface area contributed by atoms with Crippen LogP contribution in [0.2, 0.25) is 0 Å². The van der Waals surface area contributed by atoms with Crippen LogP contribution in [0.1, 0.15) is 30.1 Å². The molecule has 0 aromatic heterocycles. The van der Waals surface area contributed by atoms with E-state index < -0.39 is 22.0 Å². The number of piperidine rings is 1. The Balaban J connectivity index is 2.23. The second kappa shape index (κ2) is 5.98. The van der Waals surface area contributed by atoms with Crippen LogP contribution in [0.15, 0.2) is 18.2 Å². The molecule has 1 unspecified atom stereocenters. The number of nitrogens with zero attached hydrogens (tertiary/aromatic N) is 1. The summed E-state index contributed by atoms with van der Waals surface area (Å²) in [6.45, 7) is 2.70. The third kappa shape index (κ3) is 3.70. The van der Waals surface area contributed by atoms with E-state index in [1.807, 2.05) is 6.92 Å². The molecule has 0 saturated carbocycles. The molecule has 8 heteroatoms. The third-order valence-corrected chi connectivity index (χ3v) is 4.90. The first-order chi connectivity index (χ1) is 9.79. The minimum absolute atomic E-state index is 0.180. The summed E-state index contributed by atoms with van der Waals surface area (Å²) < 4.78 is 41.5. The van der Waals surface area contributed by atoms with Crippen LogP contribution in [0.5, 0.6) is 0 Å². The molecule has 21 heavy (non-hydrogen) atoms. The zero-order valence-corrected chi connectivity index (χ0v) is 12.4. The highest BCUT2D eigenvalue weighted by Gasteiger charge is 2.27. The van der Waals surface area contributed by atoms with Crippen molar-refractivity contribution in [1.29, 1.82) is 0 Å². The molecular formula is C13H17FN2O4S. The summed E-state index contributed by atoms with van der Waals surface area (Å²) in [4.78, 5) is 10.9. The number of anilines is 1. The van der Waals surface area contributed by atoms with Gasteiger partial charge in [0.25, 0.3) is 0 Å². The Morgan fingerprint density at radius 3 is 2.81 bits per heavy atom. The van der Waals surface area contributed by atoms with Crippen molar-refractivity contribution in [2.75, 3.05) is 17.8 Å². The van der Waals surface area contributed by atoms with E-state index in [0.717, 1.165) is 31.0 Å². The molecular weight excluding hydrogens is 299 g/mol. The SMILES string of the molecule is CC1CCCN(S(=O)(=O)Nc2cc(C(=O)O)ccc2F)C1. The monoisotopic (exact) mass is 316 g/mol. The first kappa shape index (κ1) is 15.7. The van der Waals surface area contributed by atoms with E-state index in [4.69, 9.17) is 5.11 Å². The molecule has 116 valence electrons. The zero-order valence-electron chi connectivity index (χ0n) is 11.5. The van der Waals surface area contributed by atoms with Crippen molar-refractivity contribution in [2.45, 2.75) is 19.8 Å². The molecule has 1 aromatic carbocycles. The van der Waals surface area contributed by atoms with Crippen LogP contribution in [0.4, 0.5) is 10.1 Å². The van der Waals surface area contributed by atoms with Gasteiger partial charge in [-0.25, -0.2) is 9.18 Å². The molecule has 6 nitrogen and oxygen atoms in total. The van der Waals surface area contributed by atoms with Gasteiger partial charge in [0.05, 0.1) is 11.3 Å². The molecule has 1 heterocycles. The van der Waals surface area contributed by atoms with Gasteiger partial charge in [0.1, 0.15) is 5.82 Å². The first-order valence-electron chi connectivity index (χ1n) is 6.60. The number of carboxylic acids is 1. The van der Waals surface area contributed by atoms with Crippen LogP contribution in [-0.4, -0.2) is 36.9 Å². The van der Waals surface area contributed by atoms with Gasteiger partial charge in [0, 0.05) is 13.1 Å². The number of nitrogens with one attached hydrogen (secondary N) is 1. The molecule has 1 aliphatic rings. The maximum atomic E-state index is 13.7. The lowest BCUT2D eigenvalue weighted by Gasteiger charge is -2.30. The van der Waals surface area contributed by atoms with E-state index in [9.17, 15) is 17.6 Å². The number of benzene rings is 1. The minimum Gasteiger partial charge on any atom is -0.478 e. The Labute approximate surface area is 122 Å². The molecule has 1 atom stereocenters. The summed E-state index contributed by atoms with van der Waals surface area (Å²) in [6, 6.07) is 2.99. The average molecular weight is 316 g/mol. The molecule has 1 fully saturated rings. The molecule has 0 amide bonds. The largest absolute Gasteiger partial charge is 0.478 e. The second-order valence-corrected chi connectivity index (χ2v) is 6.88. The van der Waals surface area contributed by atoms with Gasteiger partial charge in [-0.3, -0.25) is 4.72 Å². The van der Waals surface area contributed by atoms with Crippen LogP contribution in [0, 0.1) is 11.7 Å². The van der Waals surface area contributed by atoms with Gasteiger partial charge < -0.3 is 5.11 Å². The standard InChI is InChI=1S/C13H17FN2O4S/c1-9-3-2-6-16(8-9)21(19,20)15-12-7-10(13(17)18)4-5-11(12)14/h4-5,7,9,15H,2-3,6,8H2,1H3,(H,17,18). The Morgan fingerprint density at radius 2 is 2.19 bits per heavy atom. The van der Waals surface area contributed by atoms with Crippen LogP contribution in [0.25, 0.3) is 0 Å². The van der Waals surface area contributed by atoms with Gasteiger partial charge >= 0.3 is 16.2 Å². The lowest BCUT2D eigenvalue weighted by atomic mass is 10.0. The van der Waals surface area contributed by atoms with Crippen LogP contribution in [0.3, 0.4) is 0 Å². The number of aromatic carboxylic acids is 1. The van der Waals surface area contributed by atoms with Crippen molar-refractivity contribution in [2.24, 2.45) is 5.92 Å². The fourth-order valence-corrected chi connectivity index (χ4v) is 3.69. The Hall–Kier alpha value is -1.67. The quantitative estimate of drug-likeness (QED) is 0.888. The van der Waals surface area contributed by atoms with Gasteiger partial charge in [-0.05, 0) is 37.0 Å². The molecule has 0 spiro atoms. The van der Waals surface area contributed by atoms with Crippen molar-refractivity contribution in [1.82, 2.24) is 4.31 Å². The Morgan fingerprint density at radius 1 is 1.48 bits per heavy atom. The van der Waals surface area contributed by atoms with E-state index >= 15 is 0 Å². The number of carboxylic acid groups (broad SMARTS) is 1. The van der Waals surface area contributed by atoms with E-state index in [1.165, 1.54) is 4.31 Å². The van der Waals surface area contributed by atoms with Crippen LogP contribution in [-0.2, 0) is 10.2 Å². The summed E-state index contributed by atoms with van der Waals surface area (Å²) in [6.07, 6.45) is 1.70. The predicted octanol–water partition coefficient (Wildman–Crippen LogP) is 1.91. The van der Waals surface area contributed by atoms with E-state index in [2.05, 4.69) is 4.72 Å². The average Bonchev–Trinajstić information content (AvgIpc) is 2.41. The summed E-state index contributed by atoms with van der Waals surface area (Å²) in [5.74, 6) is -1.82. The van der Waals surface area contributed by atoms with Gasteiger partial charge in [-0.1, -0.05) is 6.92 Å². The number of carbonyl (C=O) groups is 1. The molecule has 1 saturated heterocycles. The third-order valence-electron chi connectivity index (χ3n) is 3.41. The molecule has 2 rings (SSSR count). The number of hydrogen-bond donors (Lipinski definition) is 2. The zero-order chi connectivity index (χ0) is 15.6. The smallest absolute Gasteiger partial charge is 0.335 e. The number of halogens is 1. The van der Waals surface area contributed by atoms with Crippen molar-refractivity contribution in [3.05, 3.63) is 29.6 Å². The minimum atomic E-state index is -3.88.